The minimum Gasteiger partial charge on any atom is -0.495 e. The molecular formula is C24H25N7O6. The van der Waals surface area contributed by atoms with Gasteiger partial charge >= 0.3 is 6.09 Å². The van der Waals surface area contributed by atoms with Crippen LogP contribution in [-0.4, -0.2) is 70.0 Å². The Morgan fingerprint density at radius 3 is 2.95 bits per heavy atom. The predicted molar refractivity (Wildman–Crippen MR) is 131 cm³/mol. The van der Waals surface area contributed by atoms with E-state index in [-0.39, 0.29) is 48.0 Å². The molecule has 2 N–H and O–H groups in total. The lowest BCUT2D eigenvalue weighted by atomic mass is 9.88. The molecule has 13 heteroatoms. The summed E-state index contributed by atoms with van der Waals surface area (Å²) in [5.41, 5.74) is 1.32. The smallest absolute Gasteiger partial charge is 0.417 e. The Morgan fingerprint density at radius 1 is 1.19 bits per heavy atom. The molecule has 3 aromatic heterocycles. The minimum absolute atomic E-state index is 0.0965. The molecule has 6 rings (SSSR count). The molecule has 2 fully saturated rings. The van der Waals surface area contributed by atoms with E-state index in [0.717, 1.165) is 11.9 Å². The Morgan fingerprint density at radius 2 is 2.08 bits per heavy atom. The fourth-order valence-corrected chi connectivity index (χ4v) is 5.13. The number of fused-ring (bicyclic) bond motifs is 3. The number of pyridine rings is 2. The Bertz CT molecular complexity index is 1440. The number of hydrogen-bond donors (Lipinski definition) is 2. The summed E-state index contributed by atoms with van der Waals surface area (Å²) in [6.07, 6.45) is 4.35. The number of nitrogens with one attached hydrogen (secondary N) is 2. The van der Waals surface area contributed by atoms with E-state index in [4.69, 9.17) is 14.2 Å². The molecule has 0 bridgehead atoms. The topological polar surface area (TPSA) is 150 Å². The zero-order chi connectivity index (χ0) is 25.5. The van der Waals surface area contributed by atoms with Gasteiger partial charge in [-0.05, 0) is 18.9 Å². The van der Waals surface area contributed by atoms with Gasteiger partial charge in [0.05, 0.1) is 36.6 Å². The summed E-state index contributed by atoms with van der Waals surface area (Å²) >= 11 is 0. The fraction of sp³-hybridized carbons (Fsp3) is 0.417. The van der Waals surface area contributed by atoms with Crippen LogP contribution in [0, 0.1) is 0 Å². The second kappa shape index (κ2) is 9.32. The second-order valence-electron chi connectivity index (χ2n) is 9.15. The molecule has 2 aliphatic heterocycles. The van der Waals surface area contributed by atoms with Crippen LogP contribution in [0.1, 0.15) is 19.3 Å². The van der Waals surface area contributed by atoms with Crippen molar-refractivity contribution < 1.29 is 23.8 Å². The summed E-state index contributed by atoms with van der Waals surface area (Å²) in [5, 5.41) is 6.14. The van der Waals surface area contributed by atoms with Crippen molar-refractivity contribution in [3.63, 3.8) is 0 Å². The lowest BCUT2D eigenvalue weighted by molar-refractivity contribution is -0.118. The van der Waals surface area contributed by atoms with Crippen molar-refractivity contribution in [3.8, 4) is 11.5 Å². The molecule has 2 amide bonds. The van der Waals surface area contributed by atoms with Gasteiger partial charge in [-0.3, -0.25) is 14.6 Å². The maximum Gasteiger partial charge on any atom is 0.417 e. The lowest BCUT2D eigenvalue weighted by Crippen LogP contribution is -2.47. The van der Waals surface area contributed by atoms with E-state index in [9.17, 15) is 14.4 Å². The Labute approximate surface area is 210 Å². The summed E-state index contributed by atoms with van der Waals surface area (Å²) in [5.74, 6) is 1.05. The zero-order valence-corrected chi connectivity index (χ0v) is 20.0. The average molecular weight is 508 g/mol. The Kier molecular flexibility index (Phi) is 5.83. The van der Waals surface area contributed by atoms with Crippen LogP contribution in [0.4, 0.5) is 16.6 Å². The summed E-state index contributed by atoms with van der Waals surface area (Å²) < 4.78 is 17.9. The maximum absolute atomic E-state index is 12.7. The van der Waals surface area contributed by atoms with E-state index in [1.807, 2.05) is 6.07 Å². The van der Waals surface area contributed by atoms with E-state index in [1.165, 1.54) is 17.2 Å². The first-order valence-electron chi connectivity index (χ1n) is 12.1. The number of carbonyl (C=O) groups excluding carboxylic acids is 2. The molecule has 1 saturated carbocycles. The van der Waals surface area contributed by atoms with Gasteiger partial charge in [0.15, 0.2) is 18.2 Å². The maximum atomic E-state index is 12.7. The van der Waals surface area contributed by atoms with Crippen LogP contribution >= 0.6 is 0 Å². The normalized spacial score (nSPS) is 22.6. The van der Waals surface area contributed by atoms with Gasteiger partial charge < -0.3 is 29.4 Å². The third-order valence-electron chi connectivity index (χ3n) is 6.93. The SMILES string of the molecule is COc1cnc2ccc(=O)n(CCN[C@@H]3CC[C@@H]4[C@@H](C3)OC(=O)N4c3ncc4c(n3)NC(=O)CO4)c2c1. The number of carbonyl (C=O) groups is 2. The number of anilines is 2. The highest BCUT2D eigenvalue weighted by Gasteiger charge is 2.47. The molecule has 37 heavy (non-hydrogen) atoms. The molecule has 13 nitrogen and oxygen atoms in total. The molecule has 3 aliphatic rings. The first-order valence-corrected chi connectivity index (χ1v) is 12.1. The highest BCUT2D eigenvalue weighted by atomic mass is 16.6. The molecule has 1 saturated heterocycles. The van der Waals surface area contributed by atoms with E-state index < -0.39 is 6.09 Å². The predicted octanol–water partition coefficient (Wildman–Crippen LogP) is 1.06. The van der Waals surface area contributed by atoms with Gasteiger partial charge in [0, 0.05) is 37.7 Å². The van der Waals surface area contributed by atoms with Crippen LogP contribution in [-0.2, 0) is 16.1 Å². The highest BCUT2D eigenvalue weighted by molar-refractivity contribution is 5.95. The Hall–Kier alpha value is -4.26. The number of amides is 2. The summed E-state index contributed by atoms with van der Waals surface area (Å²) in [7, 11) is 1.56. The molecule has 0 radical (unpaired) electrons. The second-order valence-corrected chi connectivity index (χ2v) is 9.15. The van der Waals surface area contributed by atoms with Crippen molar-refractivity contribution in [3.05, 3.63) is 40.9 Å². The van der Waals surface area contributed by atoms with Crippen LogP contribution < -0.4 is 30.6 Å². The average Bonchev–Trinajstić information content (AvgIpc) is 3.24. The van der Waals surface area contributed by atoms with Crippen LogP contribution in [0.15, 0.2) is 35.4 Å². The summed E-state index contributed by atoms with van der Waals surface area (Å²) in [6, 6.07) is 4.94. The van der Waals surface area contributed by atoms with Crippen LogP contribution in [0.2, 0.25) is 0 Å². The van der Waals surface area contributed by atoms with Crippen LogP contribution in [0.5, 0.6) is 11.5 Å². The minimum atomic E-state index is -0.512. The van der Waals surface area contributed by atoms with Crippen LogP contribution in [0.25, 0.3) is 11.0 Å². The van der Waals surface area contributed by atoms with E-state index in [1.54, 1.807) is 23.9 Å². The monoisotopic (exact) mass is 507 g/mol. The number of hydrogen-bond acceptors (Lipinski definition) is 10. The number of methoxy groups -OCH3 is 1. The van der Waals surface area contributed by atoms with Gasteiger partial charge in [-0.2, -0.15) is 4.98 Å². The third kappa shape index (κ3) is 4.31. The van der Waals surface area contributed by atoms with Crippen LogP contribution in [0.3, 0.4) is 0 Å². The van der Waals surface area contributed by atoms with E-state index in [2.05, 4.69) is 25.6 Å². The molecule has 5 heterocycles. The van der Waals surface area contributed by atoms with Gasteiger partial charge in [-0.25, -0.2) is 14.7 Å². The summed E-state index contributed by atoms with van der Waals surface area (Å²) in [6.45, 7) is 0.919. The van der Waals surface area contributed by atoms with Gasteiger partial charge in [0.2, 0.25) is 5.95 Å². The number of rotatable bonds is 6. The third-order valence-corrected chi connectivity index (χ3v) is 6.93. The molecular weight excluding hydrogens is 482 g/mol. The van der Waals surface area contributed by atoms with E-state index in [0.29, 0.717) is 42.9 Å². The Balaban J connectivity index is 1.11. The standard InChI is InChI=1S/C24H25N7O6/c1-35-14-9-17-15(26-10-14)3-5-21(33)30(17)7-6-25-13-2-4-16-18(8-13)37-24(34)31(16)23-27-11-19-22(29-23)28-20(32)12-36-19/h3,5,9-11,13,16,18,25H,2,4,6-8,12H2,1H3,(H,27,28,29,32)/t13-,16-,18-/m1/s1. The van der Waals surface area contributed by atoms with Gasteiger partial charge in [-0.1, -0.05) is 0 Å². The number of ether oxygens (including phenoxy) is 3. The molecule has 3 atom stereocenters. The molecule has 192 valence electrons. The van der Waals surface area contributed by atoms with Crippen molar-refractivity contribution >= 4 is 34.8 Å². The molecule has 3 aromatic rings. The quantitative estimate of drug-likeness (QED) is 0.496. The summed E-state index contributed by atoms with van der Waals surface area (Å²) in [4.78, 5) is 51.3. The molecule has 0 spiro atoms. The van der Waals surface area contributed by atoms with Gasteiger partial charge in [-0.15, -0.1) is 0 Å². The number of nitrogens with zero attached hydrogens (tertiary/aromatic N) is 5. The lowest BCUT2D eigenvalue weighted by Gasteiger charge is -2.32. The molecule has 1 aliphatic carbocycles. The van der Waals surface area contributed by atoms with E-state index >= 15 is 0 Å². The van der Waals surface area contributed by atoms with Gasteiger partial charge in [0.1, 0.15) is 11.9 Å². The number of aromatic nitrogens is 4. The zero-order valence-electron chi connectivity index (χ0n) is 20.0. The molecule has 0 aromatic carbocycles. The first-order chi connectivity index (χ1) is 18.0. The molecule has 0 unspecified atom stereocenters. The van der Waals surface area contributed by atoms with Crippen molar-refractivity contribution in [2.75, 3.05) is 30.5 Å². The van der Waals surface area contributed by atoms with Crippen molar-refractivity contribution in [2.24, 2.45) is 0 Å². The van der Waals surface area contributed by atoms with Crippen molar-refractivity contribution in [2.45, 2.75) is 44.0 Å². The van der Waals surface area contributed by atoms with Gasteiger partial charge in [0.25, 0.3) is 11.5 Å². The van der Waals surface area contributed by atoms with Crippen molar-refractivity contribution in [1.82, 2.24) is 24.8 Å². The fourth-order valence-electron chi connectivity index (χ4n) is 5.13. The van der Waals surface area contributed by atoms with Crippen molar-refractivity contribution in [1.29, 1.82) is 0 Å². The largest absolute Gasteiger partial charge is 0.495 e. The first kappa shape index (κ1) is 23.2. The highest BCUT2D eigenvalue weighted by Crippen LogP contribution is 2.36.